The highest BCUT2D eigenvalue weighted by atomic mass is 15.1. The molecule has 1 unspecified atom stereocenters. The summed E-state index contributed by atoms with van der Waals surface area (Å²) in [6.45, 7) is 8.62. The lowest BCUT2D eigenvalue weighted by Gasteiger charge is -2.30. The van der Waals surface area contributed by atoms with Gasteiger partial charge in [0, 0.05) is 0 Å². The maximum absolute atomic E-state index is 2.67. The lowest BCUT2D eigenvalue weighted by atomic mass is 9.83. The van der Waals surface area contributed by atoms with Crippen LogP contribution in [0.3, 0.4) is 0 Å². The number of piperidine rings is 1. The van der Waals surface area contributed by atoms with Gasteiger partial charge in [0.05, 0.1) is 0 Å². The second-order valence-corrected chi connectivity index (χ2v) is 7.11. The van der Waals surface area contributed by atoms with Crippen molar-refractivity contribution in [2.45, 2.75) is 45.4 Å². The van der Waals surface area contributed by atoms with Crippen molar-refractivity contribution >= 4 is 10.8 Å². The summed E-state index contributed by atoms with van der Waals surface area (Å²) in [7, 11) is 0. The van der Waals surface area contributed by atoms with E-state index in [-0.39, 0.29) is 0 Å². The third kappa shape index (κ3) is 3.52. The van der Waals surface area contributed by atoms with E-state index in [4.69, 9.17) is 0 Å². The zero-order chi connectivity index (χ0) is 15.4. The molecule has 2 aromatic rings. The van der Waals surface area contributed by atoms with Crippen LogP contribution in [0.25, 0.3) is 10.8 Å². The van der Waals surface area contributed by atoms with E-state index in [9.17, 15) is 0 Å². The molecule has 0 N–H and O–H groups in total. The first-order valence-corrected chi connectivity index (χ1v) is 8.96. The lowest BCUT2D eigenvalue weighted by Crippen LogP contribution is -2.31. The highest BCUT2D eigenvalue weighted by Crippen LogP contribution is 2.33. The molecule has 1 heteroatoms. The first-order valence-electron chi connectivity index (χ1n) is 8.96. The Morgan fingerprint density at radius 3 is 2.41 bits per heavy atom. The van der Waals surface area contributed by atoms with Gasteiger partial charge >= 0.3 is 0 Å². The summed E-state index contributed by atoms with van der Waals surface area (Å²) in [5.41, 5.74) is 1.55. The summed E-state index contributed by atoms with van der Waals surface area (Å²) in [6.07, 6.45) is 5.49. The quantitative estimate of drug-likeness (QED) is 0.708. The van der Waals surface area contributed by atoms with E-state index in [2.05, 4.69) is 61.2 Å². The summed E-state index contributed by atoms with van der Waals surface area (Å²) in [5.74, 6) is 1.35. The molecule has 1 saturated heterocycles. The van der Waals surface area contributed by atoms with E-state index in [1.54, 1.807) is 5.56 Å². The maximum Gasteiger partial charge on any atom is -0.00128 e. The Kier molecular flexibility index (Phi) is 5.15. The van der Waals surface area contributed by atoms with Gasteiger partial charge in [-0.25, -0.2) is 0 Å². The molecule has 0 bridgehead atoms. The molecular weight excluding hydrogens is 266 g/mol. The monoisotopic (exact) mass is 295 g/mol. The van der Waals surface area contributed by atoms with Crippen molar-refractivity contribution in [1.82, 2.24) is 4.90 Å². The fourth-order valence-corrected chi connectivity index (χ4v) is 3.93. The van der Waals surface area contributed by atoms with Gasteiger partial charge in [0.2, 0.25) is 0 Å². The third-order valence-corrected chi connectivity index (χ3v) is 5.23. The molecule has 1 nitrogen and oxygen atoms in total. The summed E-state index contributed by atoms with van der Waals surface area (Å²) in [6, 6.07) is 15.7. The first kappa shape index (κ1) is 15.6. The van der Waals surface area contributed by atoms with Gasteiger partial charge in [-0.15, -0.1) is 0 Å². The Morgan fingerprint density at radius 1 is 0.909 bits per heavy atom. The van der Waals surface area contributed by atoms with Crippen LogP contribution in [-0.2, 0) is 0 Å². The Morgan fingerprint density at radius 2 is 1.64 bits per heavy atom. The molecule has 1 aliphatic heterocycles. The number of fused-ring (bicyclic) bond motifs is 1. The molecule has 1 aliphatic rings. The van der Waals surface area contributed by atoms with Crippen LogP contribution in [0.1, 0.15) is 51.0 Å². The predicted octanol–water partition coefficient (Wildman–Crippen LogP) is 5.46. The highest BCUT2D eigenvalue weighted by Gasteiger charge is 2.20. The highest BCUT2D eigenvalue weighted by molar-refractivity contribution is 5.86. The third-order valence-electron chi connectivity index (χ3n) is 5.23. The molecule has 0 aromatic heterocycles. The Balaban J connectivity index is 1.80. The molecule has 0 saturated carbocycles. The van der Waals surface area contributed by atoms with E-state index in [0.29, 0.717) is 11.8 Å². The van der Waals surface area contributed by atoms with Crippen LogP contribution >= 0.6 is 0 Å². The molecule has 22 heavy (non-hydrogen) atoms. The molecule has 1 heterocycles. The van der Waals surface area contributed by atoms with Crippen molar-refractivity contribution in [3.8, 4) is 0 Å². The zero-order valence-corrected chi connectivity index (χ0v) is 14.1. The average molecular weight is 295 g/mol. The molecule has 0 radical (unpaired) electrons. The van der Waals surface area contributed by atoms with E-state index >= 15 is 0 Å². The zero-order valence-electron chi connectivity index (χ0n) is 14.1. The number of likely N-dealkylation sites (tertiary alicyclic amines) is 1. The number of hydrogen-bond donors (Lipinski definition) is 0. The van der Waals surface area contributed by atoms with E-state index in [0.717, 1.165) is 0 Å². The number of nitrogens with zero attached hydrogens (tertiary/aromatic N) is 1. The van der Waals surface area contributed by atoms with Crippen molar-refractivity contribution in [1.29, 1.82) is 0 Å². The Labute approximate surface area is 135 Å². The SMILES string of the molecule is CC(C)C(CCN1CCCCC1)c1cccc2ccccc12. The van der Waals surface area contributed by atoms with Gasteiger partial charge in [-0.2, -0.15) is 0 Å². The van der Waals surface area contributed by atoms with Crippen LogP contribution < -0.4 is 0 Å². The molecule has 0 amide bonds. The van der Waals surface area contributed by atoms with Crippen LogP contribution in [0.2, 0.25) is 0 Å². The van der Waals surface area contributed by atoms with Gasteiger partial charge < -0.3 is 4.90 Å². The van der Waals surface area contributed by atoms with Gasteiger partial charge in [0.15, 0.2) is 0 Å². The van der Waals surface area contributed by atoms with Gasteiger partial charge in [-0.1, -0.05) is 62.7 Å². The molecule has 1 fully saturated rings. The Hall–Kier alpha value is -1.34. The van der Waals surface area contributed by atoms with Crippen molar-refractivity contribution in [3.05, 3.63) is 48.0 Å². The predicted molar refractivity (Wildman–Crippen MR) is 96.4 cm³/mol. The van der Waals surface area contributed by atoms with Gasteiger partial charge in [0.25, 0.3) is 0 Å². The molecule has 118 valence electrons. The standard InChI is InChI=1S/C21H29N/c1-17(2)19(13-16-22-14-6-3-7-15-22)21-12-8-10-18-9-4-5-11-20(18)21/h4-5,8-12,17,19H,3,6-7,13-16H2,1-2H3. The molecule has 0 spiro atoms. The van der Waals surface area contributed by atoms with Gasteiger partial charge in [0.1, 0.15) is 0 Å². The van der Waals surface area contributed by atoms with E-state index in [1.807, 2.05) is 0 Å². The average Bonchev–Trinajstić information content (AvgIpc) is 2.56. The lowest BCUT2D eigenvalue weighted by molar-refractivity contribution is 0.215. The van der Waals surface area contributed by atoms with Gasteiger partial charge in [-0.3, -0.25) is 0 Å². The molecular formula is C21H29N. The second-order valence-electron chi connectivity index (χ2n) is 7.11. The number of benzene rings is 2. The second kappa shape index (κ2) is 7.28. The fourth-order valence-electron chi connectivity index (χ4n) is 3.93. The van der Waals surface area contributed by atoms with Crippen LogP contribution in [0, 0.1) is 5.92 Å². The summed E-state index contributed by atoms with van der Waals surface area (Å²) < 4.78 is 0. The molecule has 3 rings (SSSR count). The Bertz CT molecular complexity index is 590. The molecule has 0 aliphatic carbocycles. The number of hydrogen-bond acceptors (Lipinski definition) is 1. The van der Waals surface area contributed by atoms with Gasteiger partial charge in [-0.05, 0) is 67.1 Å². The minimum Gasteiger partial charge on any atom is -0.303 e. The van der Waals surface area contributed by atoms with Crippen LogP contribution in [0.4, 0.5) is 0 Å². The summed E-state index contributed by atoms with van der Waals surface area (Å²) >= 11 is 0. The van der Waals surface area contributed by atoms with E-state index < -0.39 is 0 Å². The van der Waals surface area contributed by atoms with Crippen LogP contribution in [0.15, 0.2) is 42.5 Å². The largest absolute Gasteiger partial charge is 0.303 e. The van der Waals surface area contributed by atoms with E-state index in [1.165, 1.54) is 56.1 Å². The van der Waals surface area contributed by atoms with Crippen molar-refractivity contribution in [2.24, 2.45) is 5.92 Å². The summed E-state index contributed by atoms with van der Waals surface area (Å²) in [5, 5.41) is 2.82. The minimum atomic E-state index is 0.660. The maximum atomic E-state index is 2.67. The topological polar surface area (TPSA) is 3.24 Å². The smallest absolute Gasteiger partial charge is 0.00128 e. The van der Waals surface area contributed by atoms with Crippen molar-refractivity contribution in [2.75, 3.05) is 19.6 Å². The molecule has 2 aromatic carbocycles. The number of rotatable bonds is 5. The first-order chi connectivity index (χ1) is 10.8. The summed E-state index contributed by atoms with van der Waals surface area (Å²) in [4.78, 5) is 2.67. The van der Waals surface area contributed by atoms with Crippen LogP contribution in [-0.4, -0.2) is 24.5 Å². The minimum absolute atomic E-state index is 0.660. The van der Waals surface area contributed by atoms with Crippen molar-refractivity contribution < 1.29 is 0 Å². The van der Waals surface area contributed by atoms with Crippen LogP contribution in [0.5, 0.6) is 0 Å². The normalized spacial score (nSPS) is 18.0. The fraction of sp³-hybridized carbons (Fsp3) is 0.524. The molecule has 1 atom stereocenters. The van der Waals surface area contributed by atoms with Crippen molar-refractivity contribution in [3.63, 3.8) is 0 Å².